The molecule has 8 nitrogen and oxygen atoms in total. The molecule has 0 bridgehead atoms. The van der Waals surface area contributed by atoms with Crippen LogP contribution >= 0.6 is 0 Å². The molecule has 8 heteroatoms. The molecule has 0 atom stereocenters. The summed E-state index contributed by atoms with van der Waals surface area (Å²) in [5.41, 5.74) is 3.65. The lowest BCUT2D eigenvalue weighted by atomic mass is 10.1. The highest BCUT2D eigenvalue weighted by Crippen LogP contribution is 2.23. The molecule has 0 saturated heterocycles. The van der Waals surface area contributed by atoms with Crippen LogP contribution in [0, 0.1) is 20.8 Å². The monoisotopic (exact) mass is 371 g/mol. The van der Waals surface area contributed by atoms with Crippen LogP contribution in [0.15, 0.2) is 22.6 Å². The second-order valence-corrected chi connectivity index (χ2v) is 6.12. The minimum Gasteiger partial charge on any atom is -0.460 e. The number of fused-ring (bicyclic) bond motifs is 1. The number of esters is 1. The Hall–Kier alpha value is -3.13. The average molecular weight is 371 g/mol. The topological polar surface area (TPSA) is 106 Å². The summed E-state index contributed by atoms with van der Waals surface area (Å²) >= 11 is 0. The standard InChI is InChI=1S/C19H21N3O5/c1-10-16(19(24)26-8-7-25-4)11(2)20-17(10)18(23)22-13-5-6-14-15(9-13)27-12(3)21-14/h5-6,9,20H,7-8H2,1-4H3,(H,22,23). The van der Waals surface area contributed by atoms with E-state index in [1.54, 1.807) is 39.0 Å². The predicted molar refractivity (Wildman–Crippen MR) is 99.1 cm³/mol. The molecular formula is C19H21N3O5. The fraction of sp³-hybridized carbons (Fsp3) is 0.316. The van der Waals surface area contributed by atoms with Gasteiger partial charge in [0.2, 0.25) is 0 Å². The van der Waals surface area contributed by atoms with Gasteiger partial charge in [0.05, 0.1) is 12.2 Å². The lowest BCUT2D eigenvalue weighted by Gasteiger charge is -2.06. The Morgan fingerprint density at radius 1 is 1.22 bits per heavy atom. The van der Waals surface area contributed by atoms with Crippen LogP contribution in [0.3, 0.4) is 0 Å². The first-order chi connectivity index (χ1) is 12.9. The molecule has 0 unspecified atom stereocenters. The average Bonchev–Trinajstić information content (AvgIpc) is 3.13. The van der Waals surface area contributed by atoms with Crippen molar-refractivity contribution in [3.8, 4) is 0 Å². The minimum absolute atomic E-state index is 0.150. The van der Waals surface area contributed by atoms with Crippen LogP contribution in [-0.4, -0.2) is 42.2 Å². The van der Waals surface area contributed by atoms with Gasteiger partial charge in [-0.25, -0.2) is 9.78 Å². The van der Waals surface area contributed by atoms with Gasteiger partial charge in [0, 0.05) is 31.5 Å². The van der Waals surface area contributed by atoms with E-state index in [2.05, 4.69) is 15.3 Å². The Morgan fingerprint density at radius 3 is 2.74 bits per heavy atom. The van der Waals surface area contributed by atoms with Crippen molar-refractivity contribution < 1.29 is 23.5 Å². The molecule has 0 spiro atoms. The first kappa shape index (κ1) is 18.7. The normalized spacial score (nSPS) is 11.0. The third-order valence-electron chi connectivity index (χ3n) is 4.14. The Morgan fingerprint density at radius 2 is 2.00 bits per heavy atom. The second kappa shape index (κ2) is 7.63. The van der Waals surface area contributed by atoms with E-state index in [1.165, 1.54) is 7.11 Å². The van der Waals surface area contributed by atoms with Gasteiger partial charge in [0.1, 0.15) is 17.8 Å². The maximum absolute atomic E-state index is 12.7. The summed E-state index contributed by atoms with van der Waals surface area (Å²) in [5.74, 6) is -0.293. The summed E-state index contributed by atoms with van der Waals surface area (Å²) in [5, 5.41) is 2.80. The summed E-state index contributed by atoms with van der Waals surface area (Å²) in [7, 11) is 1.53. The summed E-state index contributed by atoms with van der Waals surface area (Å²) in [6.07, 6.45) is 0. The first-order valence-corrected chi connectivity index (χ1v) is 8.44. The number of H-pyrrole nitrogens is 1. The van der Waals surface area contributed by atoms with Gasteiger partial charge in [0.25, 0.3) is 5.91 Å². The number of aromatic amines is 1. The highest BCUT2D eigenvalue weighted by atomic mass is 16.6. The van der Waals surface area contributed by atoms with Crippen molar-refractivity contribution in [1.82, 2.24) is 9.97 Å². The molecule has 1 aromatic carbocycles. The Kier molecular flexibility index (Phi) is 5.27. The molecule has 0 radical (unpaired) electrons. The van der Waals surface area contributed by atoms with Gasteiger partial charge in [-0.3, -0.25) is 4.79 Å². The summed E-state index contributed by atoms with van der Waals surface area (Å²) in [6, 6.07) is 5.22. The van der Waals surface area contributed by atoms with Gasteiger partial charge < -0.3 is 24.2 Å². The van der Waals surface area contributed by atoms with Gasteiger partial charge in [-0.2, -0.15) is 0 Å². The lowest BCUT2D eigenvalue weighted by Crippen LogP contribution is -2.14. The van der Waals surface area contributed by atoms with Gasteiger partial charge in [-0.15, -0.1) is 0 Å². The van der Waals surface area contributed by atoms with Crippen molar-refractivity contribution >= 4 is 28.7 Å². The highest BCUT2D eigenvalue weighted by molar-refractivity contribution is 6.07. The van der Waals surface area contributed by atoms with Crippen LogP contribution in [0.5, 0.6) is 0 Å². The number of benzene rings is 1. The molecule has 2 heterocycles. The maximum atomic E-state index is 12.7. The predicted octanol–water partition coefficient (Wildman–Crippen LogP) is 3.14. The Bertz CT molecular complexity index is 1000. The van der Waals surface area contributed by atoms with Crippen LogP contribution in [0.25, 0.3) is 11.1 Å². The van der Waals surface area contributed by atoms with Crippen molar-refractivity contribution in [2.24, 2.45) is 0 Å². The third kappa shape index (κ3) is 3.85. The molecule has 2 N–H and O–H groups in total. The highest BCUT2D eigenvalue weighted by Gasteiger charge is 2.23. The Labute approximate surface area is 155 Å². The number of aromatic nitrogens is 2. The number of oxazole rings is 1. The number of aryl methyl sites for hydroxylation is 2. The smallest absolute Gasteiger partial charge is 0.340 e. The second-order valence-electron chi connectivity index (χ2n) is 6.12. The number of methoxy groups -OCH3 is 1. The molecule has 0 saturated carbocycles. The molecule has 3 rings (SSSR count). The minimum atomic E-state index is -0.490. The third-order valence-corrected chi connectivity index (χ3v) is 4.14. The van der Waals surface area contributed by atoms with Crippen molar-refractivity contribution in [1.29, 1.82) is 0 Å². The van der Waals surface area contributed by atoms with E-state index < -0.39 is 5.97 Å². The number of ether oxygens (including phenoxy) is 2. The zero-order valence-corrected chi connectivity index (χ0v) is 15.6. The molecule has 0 aliphatic rings. The zero-order valence-electron chi connectivity index (χ0n) is 15.6. The number of carbonyl (C=O) groups is 2. The molecule has 3 aromatic rings. The van der Waals surface area contributed by atoms with Crippen molar-refractivity contribution in [2.75, 3.05) is 25.6 Å². The number of nitrogens with zero attached hydrogens (tertiary/aromatic N) is 1. The summed E-state index contributed by atoms with van der Waals surface area (Å²) in [6.45, 7) is 5.65. The fourth-order valence-corrected chi connectivity index (χ4v) is 2.88. The number of amides is 1. The molecule has 0 aliphatic carbocycles. The molecule has 1 amide bonds. The van der Waals surface area contributed by atoms with E-state index in [4.69, 9.17) is 13.9 Å². The molecule has 2 aromatic heterocycles. The van der Waals surface area contributed by atoms with Gasteiger partial charge >= 0.3 is 5.97 Å². The van der Waals surface area contributed by atoms with Crippen LogP contribution < -0.4 is 5.32 Å². The fourth-order valence-electron chi connectivity index (χ4n) is 2.88. The van der Waals surface area contributed by atoms with Crippen LogP contribution in [-0.2, 0) is 9.47 Å². The van der Waals surface area contributed by atoms with Gasteiger partial charge in [0.15, 0.2) is 11.5 Å². The maximum Gasteiger partial charge on any atom is 0.340 e. The van der Waals surface area contributed by atoms with Crippen LogP contribution in [0.4, 0.5) is 5.69 Å². The van der Waals surface area contributed by atoms with E-state index in [0.717, 1.165) is 5.52 Å². The molecule has 142 valence electrons. The lowest BCUT2D eigenvalue weighted by molar-refractivity contribution is 0.0387. The SMILES string of the molecule is COCCOC(=O)c1c(C)[nH]c(C(=O)Nc2ccc3nc(C)oc3c2)c1C. The van der Waals surface area contributed by atoms with E-state index in [-0.39, 0.29) is 12.5 Å². The van der Waals surface area contributed by atoms with Crippen molar-refractivity contribution in [2.45, 2.75) is 20.8 Å². The number of rotatable bonds is 6. The van der Waals surface area contributed by atoms with Crippen LogP contribution in [0.2, 0.25) is 0 Å². The number of carbonyl (C=O) groups excluding carboxylic acids is 2. The zero-order chi connectivity index (χ0) is 19.6. The molecule has 27 heavy (non-hydrogen) atoms. The van der Waals surface area contributed by atoms with Crippen LogP contribution in [0.1, 0.15) is 38.0 Å². The van der Waals surface area contributed by atoms with E-state index in [0.29, 0.717) is 46.3 Å². The Balaban J connectivity index is 1.79. The number of hydrogen-bond acceptors (Lipinski definition) is 6. The molecule has 0 fully saturated rings. The molecule has 0 aliphatic heterocycles. The number of anilines is 1. The van der Waals surface area contributed by atoms with Gasteiger partial charge in [-0.05, 0) is 31.5 Å². The van der Waals surface area contributed by atoms with Gasteiger partial charge in [-0.1, -0.05) is 0 Å². The van der Waals surface area contributed by atoms with E-state index in [1.807, 2.05) is 0 Å². The van der Waals surface area contributed by atoms with Crippen molar-refractivity contribution in [3.05, 3.63) is 46.6 Å². The number of hydrogen-bond donors (Lipinski definition) is 2. The quantitative estimate of drug-likeness (QED) is 0.509. The number of nitrogens with one attached hydrogen (secondary N) is 2. The summed E-state index contributed by atoms with van der Waals surface area (Å²) < 4.78 is 15.5. The molecular weight excluding hydrogens is 350 g/mol. The summed E-state index contributed by atoms with van der Waals surface area (Å²) in [4.78, 5) is 32.1. The van der Waals surface area contributed by atoms with E-state index >= 15 is 0 Å². The first-order valence-electron chi connectivity index (χ1n) is 8.44. The largest absolute Gasteiger partial charge is 0.460 e. The van der Waals surface area contributed by atoms with E-state index in [9.17, 15) is 9.59 Å². The van der Waals surface area contributed by atoms with Crippen molar-refractivity contribution in [3.63, 3.8) is 0 Å².